The zero-order chi connectivity index (χ0) is 17.3. The Morgan fingerprint density at radius 1 is 1.25 bits per heavy atom. The number of carboxylic acids is 1. The Bertz CT molecular complexity index is 898. The van der Waals surface area contributed by atoms with E-state index >= 15 is 0 Å². The molecule has 0 spiro atoms. The standard InChI is InChI=1S/C19H20N2O3/c1-4-15-12(2)10-16(24-11-14-8-6-5-7-9-14)21-18(15)17(19(22)23)13(3)20-21/h5-10H,4,11H2,1-3H3,(H,22,23). The summed E-state index contributed by atoms with van der Waals surface area (Å²) in [5.41, 5.74) is 4.42. The highest BCUT2D eigenvalue weighted by atomic mass is 16.5. The molecule has 3 rings (SSSR count). The predicted octanol–water partition coefficient (Wildman–Crippen LogP) is 3.79. The van der Waals surface area contributed by atoms with Crippen molar-refractivity contribution in [3.8, 4) is 5.88 Å². The number of hydrogen-bond acceptors (Lipinski definition) is 3. The molecule has 0 radical (unpaired) electrons. The Morgan fingerprint density at radius 2 is 1.96 bits per heavy atom. The van der Waals surface area contributed by atoms with Crippen LogP contribution >= 0.6 is 0 Å². The second-order valence-corrected chi connectivity index (χ2v) is 5.80. The van der Waals surface area contributed by atoms with Crippen LogP contribution in [-0.2, 0) is 13.0 Å². The predicted molar refractivity (Wildman–Crippen MR) is 91.8 cm³/mol. The molecule has 1 N–H and O–H groups in total. The van der Waals surface area contributed by atoms with Gasteiger partial charge in [0.2, 0.25) is 5.88 Å². The number of fused-ring (bicyclic) bond motifs is 1. The van der Waals surface area contributed by atoms with Gasteiger partial charge in [-0.25, -0.2) is 4.79 Å². The summed E-state index contributed by atoms with van der Waals surface area (Å²) in [4.78, 5) is 11.7. The summed E-state index contributed by atoms with van der Waals surface area (Å²) >= 11 is 0. The van der Waals surface area contributed by atoms with Crippen molar-refractivity contribution in [1.82, 2.24) is 9.61 Å². The zero-order valence-electron chi connectivity index (χ0n) is 14.0. The van der Waals surface area contributed by atoms with Crippen LogP contribution in [-0.4, -0.2) is 20.7 Å². The first-order valence-corrected chi connectivity index (χ1v) is 7.94. The highest BCUT2D eigenvalue weighted by Crippen LogP contribution is 2.28. The van der Waals surface area contributed by atoms with E-state index in [-0.39, 0.29) is 5.56 Å². The van der Waals surface area contributed by atoms with Crippen LogP contribution in [0.2, 0.25) is 0 Å². The van der Waals surface area contributed by atoms with Gasteiger partial charge in [-0.2, -0.15) is 9.61 Å². The van der Waals surface area contributed by atoms with E-state index in [1.54, 1.807) is 11.4 Å². The van der Waals surface area contributed by atoms with Crippen molar-refractivity contribution < 1.29 is 14.6 Å². The molecule has 124 valence electrons. The fraction of sp³-hybridized carbons (Fsp3) is 0.263. The first-order valence-electron chi connectivity index (χ1n) is 7.94. The van der Waals surface area contributed by atoms with Crippen molar-refractivity contribution in [3.63, 3.8) is 0 Å². The molecule has 0 aliphatic rings. The van der Waals surface area contributed by atoms with E-state index in [1.807, 2.05) is 50.2 Å². The summed E-state index contributed by atoms with van der Waals surface area (Å²) in [5.74, 6) is -0.407. The van der Waals surface area contributed by atoms with E-state index < -0.39 is 5.97 Å². The molecule has 0 saturated heterocycles. The van der Waals surface area contributed by atoms with Gasteiger partial charge < -0.3 is 9.84 Å². The Kier molecular flexibility index (Phi) is 4.25. The molecule has 5 heteroatoms. The lowest BCUT2D eigenvalue weighted by Gasteiger charge is -2.13. The molecule has 0 unspecified atom stereocenters. The number of aromatic carboxylic acids is 1. The average molecular weight is 324 g/mol. The fourth-order valence-corrected chi connectivity index (χ4v) is 3.02. The minimum Gasteiger partial charge on any atom is -0.478 e. The summed E-state index contributed by atoms with van der Waals surface area (Å²) < 4.78 is 7.56. The van der Waals surface area contributed by atoms with Gasteiger partial charge in [0.15, 0.2) is 0 Å². The molecule has 0 bridgehead atoms. The van der Waals surface area contributed by atoms with Crippen molar-refractivity contribution in [2.45, 2.75) is 33.8 Å². The number of aryl methyl sites for hydroxylation is 3. The lowest BCUT2D eigenvalue weighted by Crippen LogP contribution is -2.06. The van der Waals surface area contributed by atoms with Crippen molar-refractivity contribution in [1.29, 1.82) is 0 Å². The van der Waals surface area contributed by atoms with Crippen LogP contribution in [0.3, 0.4) is 0 Å². The number of aromatic nitrogens is 2. The lowest BCUT2D eigenvalue weighted by molar-refractivity contribution is 0.0698. The summed E-state index contributed by atoms with van der Waals surface area (Å²) in [6.45, 7) is 6.11. The number of carbonyl (C=O) groups is 1. The topological polar surface area (TPSA) is 63.8 Å². The first kappa shape index (κ1) is 16.1. The molecule has 3 aromatic rings. The number of rotatable bonds is 5. The minimum absolute atomic E-state index is 0.250. The Balaban J connectivity index is 2.12. The lowest BCUT2D eigenvalue weighted by atomic mass is 10.0. The van der Waals surface area contributed by atoms with Crippen LogP contribution < -0.4 is 4.74 Å². The molecule has 0 aliphatic carbocycles. The smallest absolute Gasteiger partial charge is 0.339 e. The molecule has 1 aromatic carbocycles. The van der Waals surface area contributed by atoms with Gasteiger partial charge >= 0.3 is 5.97 Å². The van der Waals surface area contributed by atoms with Gasteiger partial charge in [-0.3, -0.25) is 0 Å². The molecule has 2 aromatic heterocycles. The summed E-state index contributed by atoms with van der Waals surface area (Å²) in [5, 5.41) is 14.0. The molecular formula is C19H20N2O3. The van der Waals surface area contributed by atoms with Crippen molar-refractivity contribution in [3.05, 3.63) is 64.3 Å². The van der Waals surface area contributed by atoms with Gasteiger partial charge in [0.25, 0.3) is 0 Å². The number of benzene rings is 1. The van der Waals surface area contributed by atoms with Gasteiger partial charge in [0.05, 0.1) is 11.2 Å². The van der Waals surface area contributed by atoms with Crippen molar-refractivity contribution in [2.75, 3.05) is 0 Å². The summed E-state index contributed by atoms with van der Waals surface area (Å²) in [6.07, 6.45) is 0.736. The third-order valence-electron chi connectivity index (χ3n) is 4.17. The van der Waals surface area contributed by atoms with E-state index in [4.69, 9.17) is 4.74 Å². The van der Waals surface area contributed by atoms with Gasteiger partial charge in [-0.15, -0.1) is 0 Å². The van der Waals surface area contributed by atoms with E-state index in [0.717, 1.165) is 23.1 Å². The van der Waals surface area contributed by atoms with Crippen LogP contribution in [0.5, 0.6) is 5.88 Å². The largest absolute Gasteiger partial charge is 0.478 e. The number of carboxylic acid groups (broad SMARTS) is 1. The SMILES string of the molecule is CCc1c(C)cc(OCc2ccccc2)n2nc(C)c(C(=O)O)c12. The van der Waals surface area contributed by atoms with E-state index in [2.05, 4.69) is 5.10 Å². The van der Waals surface area contributed by atoms with E-state index in [0.29, 0.717) is 23.7 Å². The average Bonchev–Trinajstić information content (AvgIpc) is 2.91. The van der Waals surface area contributed by atoms with Crippen LogP contribution in [0, 0.1) is 13.8 Å². The fourth-order valence-electron chi connectivity index (χ4n) is 3.02. The number of nitrogens with zero attached hydrogens (tertiary/aromatic N) is 2. The molecule has 0 fully saturated rings. The molecule has 0 saturated carbocycles. The van der Waals surface area contributed by atoms with Gasteiger partial charge in [-0.05, 0) is 37.0 Å². The highest BCUT2D eigenvalue weighted by Gasteiger charge is 2.22. The van der Waals surface area contributed by atoms with Crippen LogP contribution in [0.15, 0.2) is 36.4 Å². The monoisotopic (exact) mass is 324 g/mol. The quantitative estimate of drug-likeness (QED) is 0.775. The van der Waals surface area contributed by atoms with Gasteiger partial charge in [-0.1, -0.05) is 37.3 Å². The number of hydrogen-bond donors (Lipinski definition) is 1. The number of pyridine rings is 1. The maximum absolute atomic E-state index is 11.7. The van der Waals surface area contributed by atoms with E-state index in [1.165, 1.54) is 0 Å². The van der Waals surface area contributed by atoms with Crippen LogP contribution in [0.25, 0.3) is 5.52 Å². The Hall–Kier alpha value is -2.82. The summed E-state index contributed by atoms with van der Waals surface area (Å²) in [7, 11) is 0. The third-order valence-corrected chi connectivity index (χ3v) is 4.17. The second kappa shape index (κ2) is 6.35. The molecule has 24 heavy (non-hydrogen) atoms. The molecule has 5 nitrogen and oxygen atoms in total. The Morgan fingerprint density at radius 3 is 2.58 bits per heavy atom. The zero-order valence-corrected chi connectivity index (χ0v) is 14.0. The molecular weight excluding hydrogens is 304 g/mol. The first-order chi connectivity index (χ1) is 11.5. The molecule has 0 amide bonds. The van der Waals surface area contributed by atoms with Crippen LogP contribution in [0.1, 0.15) is 39.7 Å². The molecule has 0 atom stereocenters. The normalized spacial score (nSPS) is 11.0. The maximum atomic E-state index is 11.7. The third kappa shape index (κ3) is 2.73. The van der Waals surface area contributed by atoms with Crippen molar-refractivity contribution >= 4 is 11.5 Å². The molecule has 0 aliphatic heterocycles. The van der Waals surface area contributed by atoms with Crippen molar-refractivity contribution in [2.24, 2.45) is 0 Å². The molecule has 2 heterocycles. The minimum atomic E-state index is -0.961. The summed E-state index contributed by atoms with van der Waals surface area (Å²) in [6, 6.07) is 11.8. The Labute approximate surface area is 140 Å². The van der Waals surface area contributed by atoms with E-state index in [9.17, 15) is 9.90 Å². The van der Waals surface area contributed by atoms with Gasteiger partial charge in [0.1, 0.15) is 12.2 Å². The number of ether oxygens (including phenoxy) is 1. The van der Waals surface area contributed by atoms with Gasteiger partial charge in [0, 0.05) is 6.07 Å². The second-order valence-electron chi connectivity index (χ2n) is 5.80. The highest BCUT2D eigenvalue weighted by molar-refractivity contribution is 5.98. The van der Waals surface area contributed by atoms with Crippen LogP contribution in [0.4, 0.5) is 0 Å². The maximum Gasteiger partial charge on any atom is 0.339 e.